The monoisotopic (exact) mass is 360 g/mol. The number of nitrogens with one attached hydrogen (secondary N) is 1. The van der Waals surface area contributed by atoms with Gasteiger partial charge in [-0.3, -0.25) is 4.79 Å². The van der Waals surface area contributed by atoms with Gasteiger partial charge in [0.15, 0.2) is 11.5 Å². The molecule has 2 aliphatic rings. The van der Waals surface area contributed by atoms with E-state index in [-0.39, 0.29) is 11.9 Å². The van der Waals surface area contributed by atoms with E-state index in [0.29, 0.717) is 43.7 Å². The van der Waals surface area contributed by atoms with Gasteiger partial charge in [0, 0.05) is 33.0 Å². The standard InChI is InChI=1S/C20H28N2O4/c1-13-10-14-16(23)12-20(25-17(14)15(11-13)21-5)6-8-22(9-7-20)18(24)26-19(2,3)4/h10-11,21H,6-9,12H2,1-5H3. The highest BCUT2D eigenvalue weighted by atomic mass is 16.6. The van der Waals surface area contributed by atoms with Crippen LogP contribution in [0.25, 0.3) is 0 Å². The summed E-state index contributed by atoms with van der Waals surface area (Å²) in [6.45, 7) is 8.60. The summed E-state index contributed by atoms with van der Waals surface area (Å²) < 4.78 is 11.8. The molecule has 0 bridgehead atoms. The summed E-state index contributed by atoms with van der Waals surface area (Å²) >= 11 is 0. The van der Waals surface area contributed by atoms with Crippen molar-refractivity contribution in [3.05, 3.63) is 23.3 Å². The second-order valence-corrected chi connectivity index (χ2v) is 8.29. The maximum absolute atomic E-state index is 12.8. The number of ether oxygens (including phenoxy) is 2. The Morgan fingerprint density at radius 2 is 1.92 bits per heavy atom. The first kappa shape index (κ1) is 18.5. The van der Waals surface area contributed by atoms with Crippen molar-refractivity contribution in [2.24, 2.45) is 0 Å². The number of fused-ring (bicyclic) bond motifs is 1. The number of rotatable bonds is 1. The lowest BCUT2D eigenvalue weighted by molar-refractivity contribution is -0.0223. The van der Waals surface area contributed by atoms with Crippen molar-refractivity contribution < 1.29 is 19.1 Å². The molecule has 6 nitrogen and oxygen atoms in total. The molecule has 1 saturated heterocycles. The van der Waals surface area contributed by atoms with Crippen LogP contribution in [-0.4, -0.2) is 48.1 Å². The summed E-state index contributed by atoms with van der Waals surface area (Å²) in [5.41, 5.74) is 1.46. The molecule has 1 amide bonds. The molecule has 0 atom stereocenters. The fourth-order valence-corrected chi connectivity index (χ4v) is 3.62. The van der Waals surface area contributed by atoms with Gasteiger partial charge in [0.25, 0.3) is 0 Å². The predicted molar refractivity (Wildman–Crippen MR) is 100 cm³/mol. The first-order chi connectivity index (χ1) is 12.1. The average Bonchev–Trinajstić information content (AvgIpc) is 2.54. The summed E-state index contributed by atoms with van der Waals surface area (Å²) in [6, 6.07) is 3.88. The predicted octanol–water partition coefficient (Wildman–Crippen LogP) is 3.77. The van der Waals surface area contributed by atoms with E-state index in [1.807, 2.05) is 46.9 Å². The van der Waals surface area contributed by atoms with Crippen LogP contribution in [0.15, 0.2) is 12.1 Å². The molecule has 0 aromatic heterocycles. The molecule has 0 unspecified atom stereocenters. The summed E-state index contributed by atoms with van der Waals surface area (Å²) in [6.07, 6.45) is 1.29. The van der Waals surface area contributed by atoms with E-state index in [1.165, 1.54) is 0 Å². The van der Waals surface area contributed by atoms with Gasteiger partial charge in [0.1, 0.15) is 11.2 Å². The van der Waals surface area contributed by atoms with Gasteiger partial charge < -0.3 is 19.7 Å². The number of ketones is 1. The van der Waals surface area contributed by atoms with Crippen LogP contribution in [0.2, 0.25) is 0 Å². The Morgan fingerprint density at radius 3 is 2.50 bits per heavy atom. The van der Waals surface area contributed by atoms with Crippen molar-refractivity contribution in [2.45, 2.75) is 58.2 Å². The smallest absolute Gasteiger partial charge is 0.410 e. The number of anilines is 1. The van der Waals surface area contributed by atoms with Crippen LogP contribution in [0.1, 0.15) is 56.0 Å². The molecule has 26 heavy (non-hydrogen) atoms. The molecule has 0 saturated carbocycles. The SMILES string of the molecule is CNc1cc(C)cc2c1OC1(CCN(C(=O)OC(C)(C)C)CC1)CC2=O. The number of aryl methyl sites for hydroxylation is 1. The van der Waals surface area contributed by atoms with Crippen molar-refractivity contribution in [2.75, 3.05) is 25.5 Å². The highest BCUT2D eigenvalue weighted by Gasteiger charge is 2.45. The molecule has 3 rings (SSSR count). The fraction of sp³-hybridized carbons (Fsp3) is 0.600. The fourth-order valence-electron chi connectivity index (χ4n) is 3.62. The number of likely N-dealkylation sites (tertiary alicyclic amines) is 1. The molecular weight excluding hydrogens is 332 g/mol. The maximum atomic E-state index is 12.8. The van der Waals surface area contributed by atoms with E-state index in [1.54, 1.807) is 4.90 Å². The third kappa shape index (κ3) is 3.64. The lowest BCUT2D eigenvalue weighted by Gasteiger charge is -2.44. The number of carbonyl (C=O) groups is 2. The topological polar surface area (TPSA) is 67.9 Å². The number of carbonyl (C=O) groups excluding carboxylic acids is 2. The molecule has 1 aromatic rings. The third-order valence-corrected chi connectivity index (χ3v) is 4.93. The summed E-state index contributed by atoms with van der Waals surface area (Å²) in [5.74, 6) is 0.747. The molecule has 1 fully saturated rings. The maximum Gasteiger partial charge on any atom is 0.410 e. The number of hydrogen-bond donors (Lipinski definition) is 1. The van der Waals surface area contributed by atoms with Crippen LogP contribution in [0.4, 0.5) is 10.5 Å². The van der Waals surface area contributed by atoms with Crippen molar-refractivity contribution in [1.82, 2.24) is 4.90 Å². The molecule has 0 aliphatic carbocycles. The highest BCUT2D eigenvalue weighted by molar-refractivity contribution is 6.02. The van der Waals surface area contributed by atoms with E-state index < -0.39 is 11.2 Å². The summed E-state index contributed by atoms with van der Waals surface area (Å²) in [5, 5.41) is 3.13. The summed E-state index contributed by atoms with van der Waals surface area (Å²) in [4.78, 5) is 26.7. The zero-order chi connectivity index (χ0) is 19.1. The Bertz CT molecular complexity index is 728. The van der Waals surface area contributed by atoms with Crippen LogP contribution in [0.5, 0.6) is 5.75 Å². The quantitative estimate of drug-likeness (QED) is 0.826. The van der Waals surface area contributed by atoms with Crippen LogP contribution in [-0.2, 0) is 4.74 Å². The number of amides is 1. The van der Waals surface area contributed by atoms with Crippen molar-refractivity contribution in [3.63, 3.8) is 0 Å². The Morgan fingerprint density at radius 1 is 1.27 bits per heavy atom. The Kier molecular flexibility index (Phi) is 4.63. The number of Topliss-reactive ketones (excluding diaryl/α,β-unsaturated/α-hetero) is 1. The van der Waals surface area contributed by atoms with Crippen molar-refractivity contribution >= 4 is 17.6 Å². The number of piperidine rings is 1. The number of nitrogens with zero attached hydrogens (tertiary/aromatic N) is 1. The van der Waals surface area contributed by atoms with Gasteiger partial charge in [-0.1, -0.05) is 0 Å². The lowest BCUT2D eigenvalue weighted by Crippen LogP contribution is -2.53. The van der Waals surface area contributed by atoms with Gasteiger partial charge >= 0.3 is 6.09 Å². The molecule has 1 aromatic carbocycles. The van der Waals surface area contributed by atoms with Crippen LogP contribution in [0.3, 0.4) is 0 Å². The van der Waals surface area contributed by atoms with Crippen molar-refractivity contribution in [3.8, 4) is 5.75 Å². The molecule has 6 heteroatoms. The van der Waals surface area contributed by atoms with Gasteiger partial charge in [-0.25, -0.2) is 4.79 Å². The molecule has 0 radical (unpaired) electrons. The number of hydrogen-bond acceptors (Lipinski definition) is 5. The zero-order valence-electron chi connectivity index (χ0n) is 16.3. The van der Waals surface area contributed by atoms with Gasteiger partial charge in [-0.2, -0.15) is 0 Å². The Labute approximate surface area is 154 Å². The normalized spacial score (nSPS) is 19.0. The first-order valence-electron chi connectivity index (χ1n) is 9.15. The van der Waals surface area contributed by atoms with Crippen LogP contribution >= 0.6 is 0 Å². The van der Waals surface area contributed by atoms with Crippen LogP contribution < -0.4 is 10.1 Å². The molecule has 2 aliphatic heterocycles. The minimum atomic E-state index is -0.538. The molecule has 2 heterocycles. The van der Waals surface area contributed by atoms with Crippen molar-refractivity contribution in [1.29, 1.82) is 0 Å². The number of benzene rings is 1. The minimum Gasteiger partial charge on any atom is -0.484 e. The van der Waals surface area contributed by atoms with Gasteiger partial charge in [0.05, 0.1) is 17.7 Å². The Balaban J connectivity index is 1.76. The highest BCUT2D eigenvalue weighted by Crippen LogP contribution is 2.43. The Hall–Kier alpha value is -2.24. The molecule has 1 spiro atoms. The van der Waals surface area contributed by atoms with Gasteiger partial charge in [-0.05, 0) is 45.4 Å². The largest absolute Gasteiger partial charge is 0.484 e. The molecule has 142 valence electrons. The van der Waals surface area contributed by atoms with E-state index in [0.717, 1.165) is 11.3 Å². The van der Waals surface area contributed by atoms with E-state index in [4.69, 9.17) is 9.47 Å². The minimum absolute atomic E-state index is 0.108. The van der Waals surface area contributed by atoms with E-state index in [9.17, 15) is 9.59 Å². The van der Waals surface area contributed by atoms with E-state index >= 15 is 0 Å². The lowest BCUT2D eigenvalue weighted by atomic mass is 9.82. The zero-order valence-corrected chi connectivity index (χ0v) is 16.3. The van der Waals surface area contributed by atoms with Gasteiger partial charge in [-0.15, -0.1) is 0 Å². The first-order valence-corrected chi connectivity index (χ1v) is 9.15. The third-order valence-electron chi connectivity index (χ3n) is 4.93. The second kappa shape index (κ2) is 6.49. The summed E-state index contributed by atoms with van der Waals surface area (Å²) in [7, 11) is 1.83. The molecular formula is C20H28N2O4. The average molecular weight is 360 g/mol. The second-order valence-electron chi connectivity index (χ2n) is 8.29. The molecule has 1 N–H and O–H groups in total. The van der Waals surface area contributed by atoms with E-state index in [2.05, 4.69) is 5.32 Å². The van der Waals surface area contributed by atoms with Gasteiger partial charge in [0.2, 0.25) is 0 Å². The van der Waals surface area contributed by atoms with Crippen LogP contribution in [0, 0.1) is 6.92 Å².